The van der Waals surface area contributed by atoms with Crippen LogP contribution in [0.15, 0.2) is 59.4 Å². The molecule has 2 aromatic carbocycles. The number of aliphatic hydroxyl groups is 6. The van der Waals surface area contributed by atoms with Gasteiger partial charge in [0.05, 0.1) is 28.6 Å². The molecule has 24 heteroatoms. The molecule has 0 aromatic heterocycles. The van der Waals surface area contributed by atoms with Crippen LogP contribution in [0.1, 0.15) is 97.4 Å². The van der Waals surface area contributed by atoms with E-state index in [4.69, 9.17) is 46.7 Å². The highest BCUT2D eigenvalue weighted by atomic mass is 31.2. The number of benzene rings is 2. The maximum atomic E-state index is 13.5. The summed E-state index contributed by atoms with van der Waals surface area (Å²) in [6, 6.07) is 10.7. The van der Waals surface area contributed by atoms with Crippen LogP contribution in [-0.2, 0) is 60.8 Å². The van der Waals surface area contributed by atoms with Crippen LogP contribution in [0.3, 0.4) is 0 Å². The quantitative estimate of drug-likeness (QED) is 0.0303. The minimum Gasteiger partial charge on any atom is -0.506 e. The van der Waals surface area contributed by atoms with Gasteiger partial charge in [-0.05, 0) is 126 Å². The van der Waals surface area contributed by atoms with Gasteiger partial charge >= 0.3 is 33.1 Å². The molecule has 7 atom stereocenters. The van der Waals surface area contributed by atoms with E-state index in [1.807, 2.05) is 26.0 Å². The molecule has 0 radical (unpaired) electrons. The first-order chi connectivity index (χ1) is 33.0. The summed E-state index contributed by atoms with van der Waals surface area (Å²) in [5.41, 5.74) is 1.05. The van der Waals surface area contributed by atoms with Crippen molar-refractivity contribution in [2.75, 3.05) is 32.7 Å². The molecule has 0 saturated heterocycles. The standard InChI is InChI=1S/C27H41O12P.C21H31O10P/c1-16-9-10-18(17(2)13-16)38-23-22(30)21(29)20(28)19(39-23)11-12-40(33,36-14-34-24(31)26(3,4)5)37-15-35-25(32)27(6,7)8;1-12-6-7-14(13(2)10-12)30-19-18(24)17(23)16(22)15(31-19)8-9-32(26,27)29-11-28-20(25)21(3,4)5/h9-10,13,19,22-23,28-30H,11-12,14-15H2,1-8H3;6-7,10,15,18-19,22-24H,8-9,11H2,1-5H3,(H,26,27)/t19-,22+,23+;15-,18+,19+/m11/s1. The molecule has 0 bridgehead atoms. The molecular weight excluding hydrogens is 990 g/mol. The lowest BCUT2D eigenvalue weighted by molar-refractivity contribution is -0.186. The summed E-state index contributed by atoms with van der Waals surface area (Å²) in [5, 5.41) is 61.6. The number of carbonyl (C=O) groups is 3. The van der Waals surface area contributed by atoms with Crippen molar-refractivity contribution in [3.63, 3.8) is 0 Å². The van der Waals surface area contributed by atoms with Gasteiger partial charge in [0, 0.05) is 0 Å². The van der Waals surface area contributed by atoms with Crippen LogP contribution in [0, 0.1) is 43.9 Å². The molecule has 2 heterocycles. The van der Waals surface area contributed by atoms with Gasteiger partial charge in [0.1, 0.15) is 23.7 Å². The van der Waals surface area contributed by atoms with Crippen molar-refractivity contribution in [1.29, 1.82) is 0 Å². The molecule has 22 nitrogen and oxygen atoms in total. The predicted molar refractivity (Wildman–Crippen MR) is 258 cm³/mol. The molecule has 2 aliphatic rings. The van der Waals surface area contributed by atoms with Crippen LogP contribution in [0.5, 0.6) is 11.5 Å². The van der Waals surface area contributed by atoms with Crippen molar-refractivity contribution >= 4 is 33.1 Å². The molecule has 7 N–H and O–H groups in total. The third kappa shape index (κ3) is 18.6. The minimum atomic E-state index is -4.20. The van der Waals surface area contributed by atoms with E-state index in [9.17, 15) is 59.0 Å². The molecule has 72 heavy (non-hydrogen) atoms. The van der Waals surface area contributed by atoms with Crippen LogP contribution < -0.4 is 9.47 Å². The van der Waals surface area contributed by atoms with Gasteiger partial charge in [-0.1, -0.05) is 35.4 Å². The largest absolute Gasteiger partial charge is 0.506 e. The summed E-state index contributed by atoms with van der Waals surface area (Å²) in [5.74, 6) is -3.89. The molecular formula is C48H72O22P2. The SMILES string of the molecule is Cc1ccc(O[C@H]2O[C@H](CCP(=O)(O)OCOC(=O)C(C)(C)C)C(O)=C(O)[C@@H]2O)c(C)c1.Cc1ccc(O[C@H]2O[C@H](CCP(=O)(OCOC(=O)C(C)(C)C)OCOC(=O)C(C)(C)C)C(O)=C(O)[C@@H]2O)c(C)c1. The molecule has 2 aromatic rings. The molecule has 0 saturated carbocycles. The third-order valence-corrected chi connectivity index (χ3v) is 13.6. The Bertz CT molecular complexity index is 2320. The van der Waals surface area contributed by atoms with Crippen LogP contribution >= 0.6 is 15.2 Å². The zero-order valence-electron chi connectivity index (χ0n) is 43.0. The Morgan fingerprint density at radius 2 is 0.875 bits per heavy atom. The Balaban J connectivity index is 0.000000390. The Hall–Kier alpha value is -4.73. The van der Waals surface area contributed by atoms with Gasteiger partial charge in [-0.2, -0.15) is 0 Å². The van der Waals surface area contributed by atoms with Crippen LogP contribution in [0.4, 0.5) is 0 Å². The summed E-state index contributed by atoms with van der Waals surface area (Å²) in [7, 11) is -8.32. The first kappa shape index (κ1) is 61.6. The number of aryl methyl sites for hydroxylation is 4. The molecule has 406 valence electrons. The first-order valence-electron chi connectivity index (χ1n) is 22.8. The normalized spacial score (nSPS) is 21.7. The van der Waals surface area contributed by atoms with E-state index in [1.165, 1.54) is 0 Å². The van der Waals surface area contributed by atoms with Gasteiger partial charge in [-0.15, -0.1) is 0 Å². The maximum Gasteiger partial charge on any atom is 0.336 e. The first-order valence-corrected chi connectivity index (χ1v) is 26.3. The van der Waals surface area contributed by atoms with Crippen LogP contribution in [0.25, 0.3) is 0 Å². The minimum absolute atomic E-state index is 0.240. The zero-order chi connectivity index (χ0) is 54.7. The molecule has 1 unspecified atom stereocenters. The number of ether oxygens (including phenoxy) is 7. The number of carbonyl (C=O) groups excluding carboxylic acids is 3. The zero-order valence-corrected chi connectivity index (χ0v) is 44.8. The highest BCUT2D eigenvalue weighted by Gasteiger charge is 2.42. The second-order valence-corrected chi connectivity index (χ2v) is 24.4. The fourth-order valence-corrected chi connectivity index (χ4v) is 8.34. The van der Waals surface area contributed by atoms with E-state index < -0.39 is 142 Å². The topological polar surface area (TPSA) is 319 Å². The van der Waals surface area contributed by atoms with Gasteiger partial charge in [0.25, 0.3) is 0 Å². The van der Waals surface area contributed by atoms with Gasteiger partial charge in [0.15, 0.2) is 35.2 Å². The number of hydrogen-bond acceptors (Lipinski definition) is 21. The van der Waals surface area contributed by atoms with Crippen molar-refractivity contribution in [1.82, 2.24) is 0 Å². The Labute approximate surface area is 419 Å². The van der Waals surface area contributed by atoms with Crippen molar-refractivity contribution < 1.29 is 106 Å². The molecule has 0 aliphatic carbocycles. The summed E-state index contributed by atoms with van der Waals surface area (Å²) in [6.45, 7) is 19.9. The molecule has 4 rings (SSSR count). The lowest BCUT2D eigenvalue weighted by atomic mass is 9.98. The van der Waals surface area contributed by atoms with E-state index in [2.05, 4.69) is 0 Å². The number of aliphatic hydroxyl groups excluding tert-OH is 6. The van der Waals surface area contributed by atoms with E-state index in [1.54, 1.807) is 100 Å². The lowest BCUT2D eigenvalue weighted by Gasteiger charge is -2.33. The predicted octanol–water partition coefficient (Wildman–Crippen LogP) is 8.04. The summed E-state index contributed by atoms with van der Waals surface area (Å²) < 4.78 is 78.6. The number of rotatable bonds is 19. The van der Waals surface area contributed by atoms with Crippen LogP contribution in [0.2, 0.25) is 0 Å². The van der Waals surface area contributed by atoms with Gasteiger partial charge in [0.2, 0.25) is 33.0 Å². The van der Waals surface area contributed by atoms with Crippen molar-refractivity contribution in [3.05, 3.63) is 81.7 Å². The van der Waals surface area contributed by atoms with Crippen molar-refractivity contribution in [2.45, 2.75) is 140 Å². The third-order valence-electron chi connectivity index (χ3n) is 10.5. The van der Waals surface area contributed by atoms with E-state index in [0.29, 0.717) is 11.5 Å². The maximum absolute atomic E-state index is 13.5. The van der Waals surface area contributed by atoms with E-state index >= 15 is 0 Å². The average molecular weight is 1060 g/mol. The van der Waals surface area contributed by atoms with Gasteiger partial charge in [-0.25, -0.2) is 0 Å². The number of esters is 3. The van der Waals surface area contributed by atoms with E-state index in [0.717, 1.165) is 22.3 Å². The smallest absolute Gasteiger partial charge is 0.336 e. The van der Waals surface area contributed by atoms with Crippen LogP contribution in [-0.4, -0.2) is 123 Å². The summed E-state index contributed by atoms with van der Waals surface area (Å²) in [4.78, 5) is 45.8. The summed E-state index contributed by atoms with van der Waals surface area (Å²) in [6.07, 6.45) is -9.97. The second-order valence-electron chi connectivity index (χ2n) is 20.2. The van der Waals surface area contributed by atoms with Gasteiger partial charge in [-0.3, -0.25) is 37.1 Å². The average Bonchev–Trinajstić information content (AvgIpc) is 3.26. The monoisotopic (exact) mass is 1060 g/mol. The molecule has 0 amide bonds. The molecule has 0 fully saturated rings. The molecule has 2 aliphatic heterocycles. The fraction of sp³-hybridized carbons (Fsp3) is 0.604. The highest BCUT2D eigenvalue weighted by Crippen LogP contribution is 2.50. The Kier molecular flexibility index (Phi) is 21.8. The number of hydrogen-bond donors (Lipinski definition) is 7. The van der Waals surface area contributed by atoms with E-state index in [-0.39, 0.29) is 12.8 Å². The Morgan fingerprint density at radius 3 is 1.21 bits per heavy atom. The molecule has 0 spiro atoms. The van der Waals surface area contributed by atoms with Crippen molar-refractivity contribution in [2.24, 2.45) is 16.2 Å². The summed E-state index contributed by atoms with van der Waals surface area (Å²) >= 11 is 0. The fourth-order valence-electron chi connectivity index (χ4n) is 6.12. The van der Waals surface area contributed by atoms with Gasteiger partial charge < -0.3 is 68.7 Å². The Morgan fingerprint density at radius 1 is 0.542 bits per heavy atom. The van der Waals surface area contributed by atoms with Crippen molar-refractivity contribution in [3.8, 4) is 11.5 Å². The highest BCUT2D eigenvalue weighted by molar-refractivity contribution is 7.53. The second kappa shape index (κ2) is 25.5. The lowest BCUT2D eigenvalue weighted by Crippen LogP contribution is -2.45.